The summed E-state index contributed by atoms with van der Waals surface area (Å²) in [5.74, 6) is 2.70. The Balaban J connectivity index is 1.50. The van der Waals surface area contributed by atoms with Crippen molar-refractivity contribution < 1.29 is 9.90 Å². The molecule has 0 saturated heterocycles. The molecular formula is C25H28O2. The summed E-state index contributed by atoms with van der Waals surface area (Å²) in [7, 11) is 0. The summed E-state index contributed by atoms with van der Waals surface area (Å²) in [6.07, 6.45) is 7.00. The van der Waals surface area contributed by atoms with Crippen LogP contribution < -0.4 is 0 Å². The molecule has 0 bridgehead atoms. The van der Waals surface area contributed by atoms with Crippen LogP contribution in [0.25, 0.3) is 0 Å². The summed E-state index contributed by atoms with van der Waals surface area (Å²) in [4.78, 5) is 12.5. The van der Waals surface area contributed by atoms with Crippen molar-refractivity contribution in [3.8, 4) is 5.75 Å². The average molecular weight is 360 g/mol. The SMILES string of the molecule is C[C@]12CC[C@@H]3c4cc(Cc5ccccc5)c(O)cc4CC[C@H]3[C@@H]1CCC2=O. The van der Waals surface area contributed by atoms with E-state index in [-0.39, 0.29) is 5.41 Å². The van der Waals surface area contributed by atoms with Crippen LogP contribution in [-0.4, -0.2) is 10.9 Å². The molecule has 2 heteroatoms. The highest BCUT2D eigenvalue weighted by Crippen LogP contribution is 2.59. The molecule has 3 aliphatic carbocycles. The van der Waals surface area contributed by atoms with Gasteiger partial charge in [-0.1, -0.05) is 43.3 Å². The number of fused-ring (bicyclic) bond motifs is 5. The van der Waals surface area contributed by atoms with E-state index in [0.717, 1.165) is 44.1 Å². The molecule has 0 radical (unpaired) electrons. The molecule has 0 heterocycles. The van der Waals surface area contributed by atoms with Gasteiger partial charge in [0, 0.05) is 18.3 Å². The van der Waals surface area contributed by atoms with Crippen molar-refractivity contribution in [1.82, 2.24) is 0 Å². The standard InChI is InChI=1S/C25H28O2/c1-25-12-11-19-20(22(25)9-10-24(25)27)8-7-17-15-23(26)18(14-21(17)19)13-16-5-3-2-4-6-16/h2-6,14-15,19-20,22,26H,7-13H2,1H3/t19-,20+,22-,25-/m0/s1. The van der Waals surface area contributed by atoms with Crippen LogP contribution in [0.3, 0.4) is 0 Å². The molecule has 0 aliphatic heterocycles. The lowest BCUT2D eigenvalue weighted by Crippen LogP contribution is -2.42. The summed E-state index contributed by atoms with van der Waals surface area (Å²) >= 11 is 0. The average Bonchev–Trinajstić information content (AvgIpc) is 2.98. The van der Waals surface area contributed by atoms with Crippen LogP contribution in [0.5, 0.6) is 5.75 Å². The van der Waals surface area contributed by atoms with E-state index >= 15 is 0 Å². The Morgan fingerprint density at radius 3 is 2.70 bits per heavy atom. The lowest BCUT2D eigenvalue weighted by molar-refractivity contribution is -0.129. The van der Waals surface area contributed by atoms with Crippen molar-refractivity contribution in [2.45, 2.75) is 57.8 Å². The first-order chi connectivity index (χ1) is 13.1. The minimum Gasteiger partial charge on any atom is -0.508 e. The number of carbonyl (C=O) groups is 1. The Morgan fingerprint density at radius 1 is 1.07 bits per heavy atom. The predicted molar refractivity (Wildman–Crippen MR) is 107 cm³/mol. The molecular weight excluding hydrogens is 332 g/mol. The van der Waals surface area contributed by atoms with Crippen LogP contribution in [-0.2, 0) is 17.6 Å². The van der Waals surface area contributed by atoms with Crippen LogP contribution in [0.15, 0.2) is 42.5 Å². The van der Waals surface area contributed by atoms with Gasteiger partial charge >= 0.3 is 0 Å². The number of hydrogen-bond donors (Lipinski definition) is 1. The van der Waals surface area contributed by atoms with Crippen LogP contribution in [0.4, 0.5) is 0 Å². The highest BCUT2D eigenvalue weighted by atomic mass is 16.3. The molecule has 2 fully saturated rings. The van der Waals surface area contributed by atoms with Gasteiger partial charge in [-0.15, -0.1) is 0 Å². The molecule has 2 nitrogen and oxygen atoms in total. The third kappa shape index (κ3) is 2.64. The predicted octanol–water partition coefficient (Wildman–Crippen LogP) is 5.41. The first kappa shape index (κ1) is 17.0. The number of hydrogen-bond acceptors (Lipinski definition) is 2. The normalized spacial score (nSPS) is 31.9. The molecule has 27 heavy (non-hydrogen) atoms. The first-order valence-electron chi connectivity index (χ1n) is 10.5. The van der Waals surface area contributed by atoms with E-state index in [1.807, 2.05) is 12.1 Å². The lowest BCUT2D eigenvalue weighted by Gasteiger charge is -2.48. The number of carbonyl (C=O) groups excluding carboxylic acids is 1. The summed E-state index contributed by atoms with van der Waals surface area (Å²) in [5.41, 5.74) is 4.99. The maximum Gasteiger partial charge on any atom is 0.139 e. The van der Waals surface area contributed by atoms with Gasteiger partial charge in [-0.2, -0.15) is 0 Å². The second kappa shape index (κ2) is 6.22. The fraction of sp³-hybridized carbons (Fsp3) is 0.480. The molecule has 5 rings (SSSR count). The summed E-state index contributed by atoms with van der Waals surface area (Å²) in [6.45, 7) is 2.23. The van der Waals surface area contributed by atoms with E-state index in [0.29, 0.717) is 29.3 Å². The van der Waals surface area contributed by atoms with Gasteiger partial charge in [0.2, 0.25) is 0 Å². The van der Waals surface area contributed by atoms with Crippen molar-refractivity contribution in [2.24, 2.45) is 17.3 Å². The maximum absolute atomic E-state index is 12.5. The fourth-order valence-electron chi connectivity index (χ4n) is 6.38. The second-order valence-corrected chi connectivity index (χ2v) is 9.18. The smallest absolute Gasteiger partial charge is 0.139 e. The van der Waals surface area contributed by atoms with E-state index in [2.05, 4.69) is 37.3 Å². The van der Waals surface area contributed by atoms with E-state index in [9.17, 15) is 9.90 Å². The molecule has 2 aromatic rings. The van der Waals surface area contributed by atoms with Crippen molar-refractivity contribution in [2.75, 3.05) is 0 Å². The van der Waals surface area contributed by atoms with E-state index in [1.165, 1.54) is 23.1 Å². The Hall–Kier alpha value is -2.09. The molecule has 0 unspecified atom stereocenters. The van der Waals surface area contributed by atoms with Crippen LogP contribution in [0, 0.1) is 17.3 Å². The molecule has 0 amide bonds. The molecule has 0 spiro atoms. The monoisotopic (exact) mass is 360 g/mol. The lowest BCUT2D eigenvalue weighted by atomic mass is 9.55. The minimum atomic E-state index is -0.0670. The van der Waals surface area contributed by atoms with Gasteiger partial charge in [0.1, 0.15) is 11.5 Å². The molecule has 1 N–H and O–H groups in total. The molecule has 140 valence electrons. The second-order valence-electron chi connectivity index (χ2n) is 9.18. The number of Topliss-reactive ketones (excluding diaryl/α,β-unsaturated/α-hetero) is 1. The largest absolute Gasteiger partial charge is 0.508 e. The highest BCUT2D eigenvalue weighted by Gasteiger charge is 2.54. The van der Waals surface area contributed by atoms with Gasteiger partial charge in [0.05, 0.1) is 0 Å². The zero-order chi connectivity index (χ0) is 18.6. The van der Waals surface area contributed by atoms with E-state index in [1.54, 1.807) is 0 Å². The third-order valence-corrected chi connectivity index (χ3v) is 7.87. The maximum atomic E-state index is 12.5. The van der Waals surface area contributed by atoms with Gasteiger partial charge in [0.25, 0.3) is 0 Å². The summed E-state index contributed by atoms with van der Waals surface area (Å²) in [6, 6.07) is 14.7. The van der Waals surface area contributed by atoms with Crippen molar-refractivity contribution in [3.05, 3.63) is 64.7 Å². The third-order valence-electron chi connectivity index (χ3n) is 7.87. The Labute approximate surface area is 161 Å². The number of aromatic hydroxyl groups is 1. The molecule has 2 saturated carbocycles. The van der Waals surface area contributed by atoms with E-state index in [4.69, 9.17) is 0 Å². The van der Waals surface area contributed by atoms with Gasteiger partial charge < -0.3 is 5.11 Å². The molecule has 4 atom stereocenters. The first-order valence-corrected chi connectivity index (χ1v) is 10.5. The summed E-state index contributed by atoms with van der Waals surface area (Å²) in [5, 5.41) is 10.6. The van der Waals surface area contributed by atoms with Crippen LogP contribution in [0.2, 0.25) is 0 Å². The quantitative estimate of drug-likeness (QED) is 0.778. The number of phenols is 1. The van der Waals surface area contributed by atoms with Crippen LogP contribution >= 0.6 is 0 Å². The number of phenolic OH excluding ortho intramolecular Hbond substituents is 1. The zero-order valence-electron chi connectivity index (χ0n) is 16.1. The van der Waals surface area contributed by atoms with E-state index < -0.39 is 0 Å². The van der Waals surface area contributed by atoms with Crippen molar-refractivity contribution in [3.63, 3.8) is 0 Å². The van der Waals surface area contributed by atoms with Gasteiger partial charge in [-0.25, -0.2) is 0 Å². The van der Waals surface area contributed by atoms with Crippen molar-refractivity contribution in [1.29, 1.82) is 0 Å². The van der Waals surface area contributed by atoms with Gasteiger partial charge in [0.15, 0.2) is 0 Å². The van der Waals surface area contributed by atoms with Crippen LogP contribution in [0.1, 0.15) is 67.2 Å². The topological polar surface area (TPSA) is 37.3 Å². The molecule has 0 aromatic heterocycles. The number of ketones is 1. The van der Waals surface area contributed by atoms with Gasteiger partial charge in [-0.3, -0.25) is 4.79 Å². The number of rotatable bonds is 2. The Kier molecular flexibility index (Phi) is 3.93. The minimum absolute atomic E-state index is 0.0670. The molecule has 3 aliphatic rings. The number of benzene rings is 2. The summed E-state index contributed by atoms with van der Waals surface area (Å²) < 4.78 is 0. The molecule has 2 aromatic carbocycles. The zero-order valence-corrected chi connectivity index (χ0v) is 16.1. The Bertz CT molecular complexity index is 885. The fourth-order valence-corrected chi connectivity index (χ4v) is 6.38. The Morgan fingerprint density at radius 2 is 1.89 bits per heavy atom. The number of aryl methyl sites for hydroxylation is 1. The van der Waals surface area contributed by atoms with Gasteiger partial charge in [-0.05, 0) is 78.2 Å². The van der Waals surface area contributed by atoms with Crippen molar-refractivity contribution >= 4 is 5.78 Å². The highest BCUT2D eigenvalue weighted by molar-refractivity contribution is 5.87.